The number of benzene rings is 2. The summed E-state index contributed by atoms with van der Waals surface area (Å²) in [7, 11) is 1.60. The summed E-state index contributed by atoms with van der Waals surface area (Å²) in [5.74, 6) is 0.0734. The van der Waals surface area contributed by atoms with Crippen LogP contribution in [0.4, 0.5) is 0 Å². The molecule has 7 rings (SSSR count). The molecule has 2 N–H and O–H groups in total. The van der Waals surface area contributed by atoms with Crippen molar-refractivity contribution in [2.24, 2.45) is 17.8 Å². The lowest BCUT2D eigenvalue weighted by Crippen LogP contribution is -2.61. The number of nitrogens with zero attached hydrogens (tertiary/aromatic N) is 5. The topological polar surface area (TPSA) is 134 Å². The maximum Gasteiger partial charge on any atom is 0.272 e. The highest BCUT2D eigenvalue weighted by molar-refractivity contribution is 5.99. The Morgan fingerprint density at radius 1 is 1.05 bits per heavy atom. The highest BCUT2D eigenvalue weighted by Gasteiger charge is 2.68. The van der Waals surface area contributed by atoms with E-state index in [1.807, 2.05) is 29.2 Å². The molecule has 4 atom stereocenters. The third kappa shape index (κ3) is 3.75. The average molecular weight is 529 g/mol. The van der Waals surface area contributed by atoms with Crippen LogP contribution in [-0.2, 0) is 4.74 Å². The minimum absolute atomic E-state index is 0.0717. The first-order chi connectivity index (χ1) is 19.0. The van der Waals surface area contributed by atoms with Crippen molar-refractivity contribution < 1.29 is 24.2 Å². The Morgan fingerprint density at radius 2 is 1.87 bits per heavy atom. The molecular formula is C28H28N6O5. The first-order valence-corrected chi connectivity index (χ1v) is 13.1. The number of likely N-dealkylation sites (tertiary alicyclic amines) is 2. The maximum absolute atomic E-state index is 13.6. The number of carbonyl (C=O) groups is 2. The highest BCUT2D eigenvalue weighted by atomic mass is 16.5. The van der Waals surface area contributed by atoms with Crippen LogP contribution in [0.3, 0.4) is 0 Å². The minimum Gasteiger partial charge on any atom is -0.475 e. The van der Waals surface area contributed by atoms with Gasteiger partial charge in [0.25, 0.3) is 11.8 Å². The molecule has 2 aromatic heterocycles. The molecule has 2 aliphatic heterocycles. The number of aromatic amines is 1. The van der Waals surface area contributed by atoms with Crippen LogP contribution in [0.15, 0.2) is 48.5 Å². The zero-order valence-electron chi connectivity index (χ0n) is 21.4. The molecule has 2 aromatic carbocycles. The molecule has 2 saturated heterocycles. The number of amides is 2. The minimum atomic E-state index is -1.01. The van der Waals surface area contributed by atoms with Gasteiger partial charge in [-0.15, -0.1) is 5.10 Å². The molecule has 11 heteroatoms. The maximum atomic E-state index is 13.6. The molecule has 1 saturated carbocycles. The van der Waals surface area contributed by atoms with E-state index in [0.29, 0.717) is 49.8 Å². The van der Waals surface area contributed by atoms with Gasteiger partial charge >= 0.3 is 0 Å². The van der Waals surface area contributed by atoms with Gasteiger partial charge in [-0.2, -0.15) is 0 Å². The molecule has 0 radical (unpaired) electrons. The number of methoxy groups -OCH3 is 1. The van der Waals surface area contributed by atoms with Crippen LogP contribution >= 0.6 is 0 Å². The van der Waals surface area contributed by atoms with Crippen molar-refractivity contribution in [3.63, 3.8) is 0 Å². The molecule has 1 aliphatic carbocycles. The van der Waals surface area contributed by atoms with Crippen LogP contribution in [0.5, 0.6) is 5.88 Å². The number of pyridine rings is 1. The second-order valence-electron chi connectivity index (χ2n) is 10.7. The van der Waals surface area contributed by atoms with Gasteiger partial charge in [-0.3, -0.25) is 14.7 Å². The van der Waals surface area contributed by atoms with Crippen LogP contribution in [0, 0.1) is 17.8 Å². The van der Waals surface area contributed by atoms with E-state index in [-0.39, 0.29) is 41.8 Å². The molecule has 2 amide bonds. The van der Waals surface area contributed by atoms with Gasteiger partial charge in [-0.25, -0.2) is 4.98 Å². The zero-order valence-corrected chi connectivity index (χ0v) is 21.4. The summed E-state index contributed by atoms with van der Waals surface area (Å²) < 4.78 is 10.9. The number of β-amino-alcohol motifs (C(OH)–C–C–N with tert-alkyl or cyclic N) is 1. The van der Waals surface area contributed by atoms with Crippen LogP contribution in [0.1, 0.15) is 20.8 Å². The quantitative estimate of drug-likeness (QED) is 0.362. The van der Waals surface area contributed by atoms with Crippen molar-refractivity contribution in [2.75, 3.05) is 46.5 Å². The van der Waals surface area contributed by atoms with Crippen molar-refractivity contribution in [1.29, 1.82) is 0 Å². The zero-order chi connectivity index (χ0) is 26.7. The summed E-state index contributed by atoms with van der Waals surface area (Å²) in [4.78, 5) is 34.9. The molecule has 2 unspecified atom stereocenters. The first kappa shape index (κ1) is 24.0. The molecule has 200 valence electrons. The number of fused-ring (bicyclic) bond motifs is 6. The average Bonchev–Trinajstić information content (AvgIpc) is 3.67. The van der Waals surface area contributed by atoms with Gasteiger partial charge in [0.15, 0.2) is 0 Å². The summed E-state index contributed by atoms with van der Waals surface area (Å²) in [6.07, 6.45) is 0. The molecule has 4 aromatic rings. The van der Waals surface area contributed by atoms with E-state index in [1.54, 1.807) is 36.3 Å². The van der Waals surface area contributed by atoms with E-state index in [2.05, 4.69) is 20.4 Å². The number of hydrogen-bond donors (Lipinski definition) is 2. The van der Waals surface area contributed by atoms with Crippen molar-refractivity contribution >= 4 is 33.6 Å². The summed E-state index contributed by atoms with van der Waals surface area (Å²) in [6.45, 7) is 2.40. The number of H-pyrrole nitrogens is 1. The third-order valence-electron chi connectivity index (χ3n) is 8.63. The standard InChI is InChI=1S/C28H28N6O5/c1-38-8-9-39-25-18-5-3-2-4-16(18)10-24(29-25)27(36)34-14-21-19-12-33(13-20(19)28(21,37)15-34)26(35)17-6-7-22-23(11-17)31-32-30-22/h2-7,10-11,19-21,37H,8-9,12-15H2,1H3,(H,30,31,32)/t19-,20+,21?,28?/m0/s1. The smallest absolute Gasteiger partial charge is 0.272 e. The fraction of sp³-hybridized carbons (Fsp3) is 0.393. The fourth-order valence-corrected chi connectivity index (χ4v) is 6.68. The Balaban J connectivity index is 1.07. The van der Waals surface area contributed by atoms with Gasteiger partial charge in [0, 0.05) is 49.5 Å². The SMILES string of the molecule is COCCOc1nc(C(=O)N2CC3[C@H]4CN(C(=O)c5ccc6[nH]nnc6c5)C[C@H]4C3(O)C2)cc2ccccc12. The summed E-state index contributed by atoms with van der Waals surface area (Å²) in [5, 5.41) is 23.9. The van der Waals surface area contributed by atoms with Crippen LogP contribution in [0.2, 0.25) is 0 Å². The number of hydrogen-bond acceptors (Lipinski definition) is 8. The second-order valence-corrected chi connectivity index (χ2v) is 10.7. The number of nitrogens with one attached hydrogen (secondary N) is 1. The first-order valence-electron chi connectivity index (χ1n) is 13.1. The monoisotopic (exact) mass is 528 g/mol. The number of ether oxygens (including phenoxy) is 2. The lowest BCUT2D eigenvalue weighted by molar-refractivity contribution is -0.145. The van der Waals surface area contributed by atoms with Crippen molar-refractivity contribution in [1.82, 2.24) is 30.2 Å². The van der Waals surface area contributed by atoms with Gasteiger partial charge in [0.2, 0.25) is 5.88 Å². The number of rotatable bonds is 6. The highest BCUT2D eigenvalue weighted by Crippen LogP contribution is 2.57. The van der Waals surface area contributed by atoms with Crippen LogP contribution in [0.25, 0.3) is 21.8 Å². The molecule has 0 bridgehead atoms. The molecule has 11 nitrogen and oxygen atoms in total. The molecule has 3 aliphatic rings. The molecular weight excluding hydrogens is 500 g/mol. The Hall–Kier alpha value is -4.09. The van der Waals surface area contributed by atoms with E-state index < -0.39 is 5.60 Å². The third-order valence-corrected chi connectivity index (χ3v) is 8.63. The predicted octanol–water partition coefficient (Wildman–Crippen LogP) is 1.74. The summed E-state index contributed by atoms with van der Waals surface area (Å²) in [6, 6.07) is 14.7. The normalized spacial score (nSPS) is 25.5. The van der Waals surface area contributed by atoms with Crippen LogP contribution in [-0.4, -0.2) is 99.2 Å². The van der Waals surface area contributed by atoms with E-state index >= 15 is 0 Å². The van der Waals surface area contributed by atoms with E-state index in [9.17, 15) is 14.7 Å². The van der Waals surface area contributed by atoms with Crippen LogP contribution < -0.4 is 4.74 Å². The number of aliphatic hydroxyl groups is 1. The summed E-state index contributed by atoms with van der Waals surface area (Å²) >= 11 is 0. The van der Waals surface area contributed by atoms with E-state index in [0.717, 1.165) is 16.3 Å². The van der Waals surface area contributed by atoms with Gasteiger partial charge < -0.3 is 24.4 Å². The van der Waals surface area contributed by atoms with Gasteiger partial charge in [-0.05, 0) is 41.6 Å². The predicted molar refractivity (Wildman–Crippen MR) is 140 cm³/mol. The fourth-order valence-electron chi connectivity index (χ4n) is 6.68. The van der Waals surface area contributed by atoms with E-state index in [4.69, 9.17) is 9.47 Å². The lowest BCUT2D eigenvalue weighted by Gasteiger charge is -2.50. The largest absolute Gasteiger partial charge is 0.475 e. The van der Waals surface area contributed by atoms with Crippen molar-refractivity contribution in [3.05, 3.63) is 59.8 Å². The van der Waals surface area contributed by atoms with Gasteiger partial charge in [-0.1, -0.05) is 23.4 Å². The number of aromatic nitrogens is 4. The van der Waals surface area contributed by atoms with Crippen molar-refractivity contribution in [3.8, 4) is 5.88 Å². The molecule has 39 heavy (non-hydrogen) atoms. The Bertz CT molecular complexity index is 1610. The van der Waals surface area contributed by atoms with E-state index in [1.165, 1.54) is 0 Å². The van der Waals surface area contributed by atoms with Gasteiger partial charge in [0.05, 0.1) is 24.3 Å². The Labute approximate surface area is 223 Å². The molecule has 0 spiro atoms. The number of carbonyl (C=O) groups excluding carboxylic acids is 2. The molecule has 4 heterocycles. The Morgan fingerprint density at radius 3 is 2.72 bits per heavy atom. The summed E-state index contributed by atoms with van der Waals surface area (Å²) in [5.41, 5.74) is 1.24. The lowest BCUT2D eigenvalue weighted by atomic mass is 9.56. The van der Waals surface area contributed by atoms with Crippen molar-refractivity contribution in [2.45, 2.75) is 5.60 Å². The molecule has 3 fully saturated rings. The second kappa shape index (κ2) is 8.99. The Kier molecular flexibility index (Phi) is 5.53. The van der Waals surface area contributed by atoms with Gasteiger partial charge in [0.1, 0.15) is 17.8 Å².